The summed E-state index contributed by atoms with van der Waals surface area (Å²) in [5, 5.41) is 2.14. The first-order valence-electron chi connectivity index (χ1n) is 8.39. The molecule has 7 heteroatoms. The van der Waals surface area contributed by atoms with Crippen LogP contribution in [0, 0.1) is 5.82 Å². The molecule has 1 saturated heterocycles. The van der Waals surface area contributed by atoms with E-state index in [1.54, 1.807) is 12.1 Å². The van der Waals surface area contributed by atoms with E-state index in [0.717, 1.165) is 34.8 Å². The molecule has 0 aliphatic carbocycles. The first kappa shape index (κ1) is 17.0. The number of anilines is 1. The van der Waals surface area contributed by atoms with Crippen molar-refractivity contribution in [2.24, 2.45) is 0 Å². The Kier molecular flexibility index (Phi) is 3.99. The lowest BCUT2D eigenvalue weighted by Gasteiger charge is -2.26. The number of ether oxygens (including phenoxy) is 1. The highest BCUT2D eigenvalue weighted by Gasteiger charge is 2.36. The van der Waals surface area contributed by atoms with Crippen molar-refractivity contribution in [3.05, 3.63) is 65.0 Å². The van der Waals surface area contributed by atoms with Gasteiger partial charge in [0, 0.05) is 6.42 Å². The molecule has 2 aromatic rings. The maximum absolute atomic E-state index is 13.1. The van der Waals surface area contributed by atoms with E-state index in [1.165, 1.54) is 18.2 Å². The fourth-order valence-electron chi connectivity index (χ4n) is 3.18. The quantitative estimate of drug-likeness (QED) is 0.655. The van der Waals surface area contributed by atoms with Crippen LogP contribution in [0.5, 0.6) is 5.75 Å². The Labute approximate surface area is 154 Å². The molecule has 4 rings (SSSR count). The zero-order chi connectivity index (χ0) is 19.1. The van der Waals surface area contributed by atoms with Gasteiger partial charge in [-0.2, -0.15) is 0 Å². The lowest BCUT2D eigenvalue weighted by Crippen LogP contribution is -2.54. The Morgan fingerprint density at radius 2 is 1.89 bits per heavy atom. The van der Waals surface area contributed by atoms with E-state index in [0.29, 0.717) is 5.56 Å². The minimum atomic E-state index is -0.870. The van der Waals surface area contributed by atoms with Crippen molar-refractivity contribution in [2.75, 3.05) is 4.90 Å². The number of hydrogen-bond donors (Lipinski definition) is 1. The van der Waals surface area contributed by atoms with Crippen LogP contribution in [-0.4, -0.2) is 23.9 Å². The molecule has 6 nitrogen and oxygen atoms in total. The molecule has 1 atom stereocenters. The molecule has 1 N–H and O–H groups in total. The highest BCUT2D eigenvalue weighted by Crippen LogP contribution is 2.30. The number of carbonyl (C=O) groups excluding carboxylic acids is 3. The summed E-state index contributed by atoms with van der Waals surface area (Å²) in [4.78, 5) is 37.9. The number of urea groups is 1. The van der Waals surface area contributed by atoms with Crippen LogP contribution in [0.1, 0.15) is 18.1 Å². The number of imide groups is 2. The van der Waals surface area contributed by atoms with Gasteiger partial charge in [-0.3, -0.25) is 14.9 Å². The molecule has 0 aromatic heterocycles. The van der Waals surface area contributed by atoms with Crippen molar-refractivity contribution in [1.82, 2.24) is 5.32 Å². The molecule has 0 radical (unpaired) electrons. The molecule has 0 spiro atoms. The fourth-order valence-corrected chi connectivity index (χ4v) is 3.18. The number of hydrogen-bond acceptors (Lipinski definition) is 4. The van der Waals surface area contributed by atoms with Gasteiger partial charge in [0.15, 0.2) is 0 Å². The summed E-state index contributed by atoms with van der Waals surface area (Å²) in [6.07, 6.45) is 2.26. The Hall–Kier alpha value is -3.48. The average molecular weight is 366 g/mol. The number of amides is 4. The Bertz CT molecular complexity index is 998. The summed E-state index contributed by atoms with van der Waals surface area (Å²) < 4.78 is 18.8. The number of halogens is 1. The predicted octanol–water partition coefficient (Wildman–Crippen LogP) is 2.82. The van der Waals surface area contributed by atoms with E-state index in [4.69, 9.17) is 4.74 Å². The van der Waals surface area contributed by atoms with Crippen LogP contribution in [0.25, 0.3) is 6.08 Å². The van der Waals surface area contributed by atoms with Crippen LogP contribution in [0.4, 0.5) is 14.9 Å². The van der Waals surface area contributed by atoms with Gasteiger partial charge in [0.1, 0.15) is 23.2 Å². The topological polar surface area (TPSA) is 75.7 Å². The standard InChI is InChI=1S/C20H15FN2O4/c1-11-8-13-9-12(2-7-17(13)27-11)10-16-18(24)22-20(26)23(19(16)25)15-5-3-14(21)4-6-15/h2-7,9-11H,8H2,1H3,(H,22,24,26)/b16-10+/t11-/m0/s1. The van der Waals surface area contributed by atoms with Gasteiger partial charge in [0.2, 0.25) is 0 Å². The van der Waals surface area contributed by atoms with Gasteiger partial charge in [0.05, 0.1) is 5.69 Å². The Morgan fingerprint density at radius 1 is 1.15 bits per heavy atom. The van der Waals surface area contributed by atoms with E-state index < -0.39 is 23.7 Å². The monoisotopic (exact) mass is 366 g/mol. The second kappa shape index (κ2) is 6.35. The van der Waals surface area contributed by atoms with E-state index >= 15 is 0 Å². The van der Waals surface area contributed by atoms with E-state index in [9.17, 15) is 18.8 Å². The molecule has 2 aliphatic heterocycles. The molecule has 4 amide bonds. The van der Waals surface area contributed by atoms with Crippen LogP contribution >= 0.6 is 0 Å². The van der Waals surface area contributed by atoms with Crippen LogP contribution in [0.2, 0.25) is 0 Å². The number of fused-ring (bicyclic) bond motifs is 1. The van der Waals surface area contributed by atoms with Crippen LogP contribution in [0.15, 0.2) is 48.0 Å². The third kappa shape index (κ3) is 3.08. The van der Waals surface area contributed by atoms with Crippen LogP contribution in [-0.2, 0) is 16.0 Å². The van der Waals surface area contributed by atoms with Crippen molar-refractivity contribution in [3.8, 4) is 5.75 Å². The molecule has 2 heterocycles. The number of rotatable bonds is 2. The summed E-state index contributed by atoms with van der Waals surface area (Å²) in [5.41, 5.74) is 1.64. The van der Waals surface area contributed by atoms with E-state index in [2.05, 4.69) is 5.32 Å². The summed E-state index contributed by atoms with van der Waals surface area (Å²) in [5.74, 6) is -1.24. The SMILES string of the molecule is C[C@H]1Cc2cc(/C=C3\C(=O)NC(=O)N(c4ccc(F)cc4)C3=O)ccc2O1. The molecular weight excluding hydrogens is 351 g/mol. The van der Waals surface area contributed by atoms with E-state index in [1.807, 2.05) is 13.0 Å². The van der Waals surface area contributed by atoms with Crippen molar-refractivity contribution < 1.29 is 23.5 Å². The fraction of sp³-hybridized carbons (Fsp3) is 0.150. The second-order valence-electron chi connectivity index (χ2n) is 6.43. The van der Waals surface area contributed by atoms with Crippen LogP contribution in [0.3, 0.4) is 0 Å². The minimum absolute atomic E-state index is 0.0779. The van der Waals surface area contributed by atoms with Crippen molar-refractivity contribution in [3.63, 3.8) is 0 Å². The van der Waals surface area contributed by atoms with Gasteiger partial charge >= 0.3 is 6.03 Å². The maximum atomic E-state index is 13.1. The van der Waals surface area contributed by atoms with Crippen molar-refractivity contribution >= 4 is 29.6 Å². The van der Waals surface area contributed by atoms with Crippen molar-refractivity contribution in [1.29, 1.82) is 0 Å². The lowest BCUT2D eigenvalue weighted by molar-refractivity contribution is -0.122. The zero-order valence-corrected chi connectivity index (χ0v) is 14.4. The largest absolute Gasteiger partial charge is 0.490 e. The van der Waals surface area contributed by atoms with Gasteiger partial charge in [-0.1, -0.05) is 6.07 Å². The number of benzene rings is 2. The highest BCUT2D eigenvalue weighted by atomic mass is 19.1. The van der Waals surface area contributed by atoms with Gasteiger partial charge < -0.3 is 4.74 Å². The lowest BCUT2D eigenvalue weighted by atomic mass is 10.0. The third-order valence-electron chi connectivity index (χ3n) is 4.42. The molecule has 0 bridgehead atoms. The Morgan fingerprint density at radius 3 is 2.63 bits per heavy atom. The molecular formula is C20H15FN2O4. The Balaban J connectivity index is 1.69. The van der Waals surface area contributed by atoms with Gasteiger partial charge in [-0.15, -0.1) is 0 Å². The van der Waals surface area contributed by atoms with Crippen molar-refractivity contribution in [2.45, 2.75) is 19.4 Å². The highest BCUT2D eigenvalue weighted by molar-refractivity contribution is 6.39. The third-order valence-corrected chi connectivity index (χ3v) is 4.42. The van der Waals surface area contributed by atoms with Gasteiger partial charge in [0.25, 0.3) is 11.8 Å². The maximum Gasteiger partial charge on any atom is 0.335 e. The second-order valence-corrected chi connectivity index (χ2v) is 6.43. The molecule has 0 unspecified atom stereocenters. The normalized spacial score (nSPS) is 20.5. The van der Waals surface area contributed by atoms with Gasteiger partial charge in [-0.05, 0) is 60.5 Å². The molecule has 136 valence electrons. The summed E-state index contributed by atoms with van der Waals surface area (Å²) >= 11 is 0. The number of nitrogens with one attached hydrogen (secondary N) is 1. The first-order valence-corrected chi connectivity index (χ1v) is 8.39. The first-order chi connectivity index (χ1) is 12.9. The summed E-state index contributed by atoms with van der Waals surface area (Å²) in [6.45, 7) is 1.96. The molecule has 2 aliphatic rings. The van der Waals surface area contributed by atoms with E-state index in [-0.39, 0.29) is 17.4 Å². The predicted molar refractivity (Wildman–Crippen MR) is 95.6 cm³/mol. The molecule has 0 saturated carbocycles. The number of barbiturate groups is 1. The number of nitrogens with zero attached hydrogens (tertiary/aromatic N) is 1. The minimum Gasteiger partial charge on any atom is -0.490 e. The zero-order valence-electron chi connectivity index (χ0n) is 14.4. The summed E-state index contributed by atoms with van der Waals surface area (Å²) in [6, 6.07) is 9.38. The molecule has 27 heavy (non-hydrogen) atoms. The molecule has 2 aromatic carbocycles. The smallest absolute Gasteiger partial charge is 0.335 e. The van der Waals surface area contributed by atoms with Crippen LogP contribution < -0.4 is 15.0 Å². The molecule has 1 fully saturated rings. The average Bonchev–Trinajstić information content (AvgIpc) is 2.99. The summed E-state index contributed by atoms with van der Waals surface area (Å²) in [7, 11) is 0. The number of carbonyl (C=O) groups is 3. The van der Waals surface area contributed by atoms with Gasteiger partial charge in [-0.25, -0.2) is 14.1 Å².